The van der Waals surface area contributed by atoms with Gasteiger partial charge < -0.3 is 15.1 Å². The first kappa shape index (κ1) is 42.3. The summed E-state index contributed by atoms with van der Waals surface area (Å²) in [4.78, 5) is 48.7. The Labute approximate surface area is 316 Å². The number of nitrogens with one attached hydrogen (secondary N) is 3. The van der Waals surface area contributed by atoms with Crippen LogP contribution >= 0.6 is 0 Å². The first-order valence-corrected chi connectivity index (χ1v) is 17.5. The molecule has 1 aliphatic carbocycles. The Kier molecular flexibility index (Phi) is 11.6. The lowest BCUT2D eigenvalue weighted by molar-refractivity contribution is -0.141. The molecule has 0 bridgehead atoms. The van der Waals surface area contributed by atoms with Crippen LogP contribution in [0.5, 0.6) is 0 Å². The predicted octanol–water partition coefficient (Wildman–Crippen LogP) is 5.37. The van der Waals surface area contributed by atoms with Gasteiger partial charge in [-0.05, 0) is 72.5 Å². The van der Waals surface area contributed by atoms with Crippen LogP contribution in [0.25, 0.3) is 0 Å². The number of amides is 4. The maximum atomic E-state index is 14.2. The van der Waals surface area contributed by atoms with Crippen LogP contribution in [-0.4, -0.2) is 61.9 Å². The van der Waals surface area contributed by atoms with Crippen molar-refractivity contribution in [2.24, 2.45) is 0 Å². The summed E-state index contributed by atoms with van der Waals surface area (Å²) in [5.74, 6) is -7.96. The Hall–Kier alpha value is -5.84. The van der Waals surface area contributed by atoms with E-state index in [1.165, 1.54) is 4.72 Å². The van der Waals surface area contributed by atoms with E-state index in [0.717, 1.165) is 55.4 Å². The molecule has 1 saturated carbocycles. The largest absolute Gasteiger partial charge is 0.433 e. The molecule has 0 saturated heterocycles. The fourth-order valence-corrected chi connectivity index (χ4v) is 6.78. The number of anilines is 2. The fourth-order valence-electron chi connectivity index (χ4n) is 5.86. The van der Waals surface area contributed by atoms with Crippen molar-refractivity contribution in [2.75, 3.05) is 23.9 Å². The van der Waals surface area contributed by atoms with Crippen LogP contribution in [0.2, 0.25) is 0 Å². The molecule has 4 aromatic rings. The quantitative estimate of drug-likeness (QED) is 0.172. The highest BCUT2D eigenvalue weighted by molar-refractivity contribution is 7.88. The van der Waals surface area contributed by atoms with Crippen molar-refractivity contribution in [3.63, 3.8) is 0 Å². The second kappa shape index (κ2) is 15.6. The summed E-state index contributed by atoms with van der Waals surface area (Å²) in [6.45, 7) is 0. The molecule has 1 aliphatic rings. The molecule has 1 fully saturated rings. The van der Waals surface area contributed by atoms with Crippen molar-refractivity contribution < 1.29 is 66.7 Å². The molecule has 57 heavy (non-hydrogen) atoms. The fraction of sp³-hybridized carbons (Fsp3) is 0.265. The van der Waals surface area contributed by atoms with Crippen molar-refractivity contribution >= 4 is 39.4 Å². The number of aromatic nitrogens is 2. The number of likely N-dealkylation sites (N-methyl/N-ethyl adjacent to an activating group) is 2. The number of nitrogens with zero attached hydrogens (tertiary/aromatic N) is 4. The lowest BCUT2D eigenvalue weighted by Crippen LogP contribution is -2.58. The van der Waals surface area contributed by atoms with Crippen molar-refractivity contribution in [3.8, 4) is 0 Å². The molecule has 12 nitrogen and oxygen atoms in total. The number of hydrogen-bond donors (Lipinski definition) is 3. The van der Waals surface area contributed by atoms with Gasteiger partial charge in [-0.1, -0.05) is 0 Å². The molecule has 1 unspecified atom stereocenters. The summed E-state index contributed by atoms with van der Waals surface area (Å²) < 4.78 is 165. The second-order valence-corrected chi connectivity index (χ2v) is 14.1. The number of hydrogen-bond acceptors (Lipinski definition) is 7. The average Bonchev–Trinajstić information content (AvgIpc) is 3.83. The average molecular weight is 836 g/mol. The van der Waals surface area contributed by atoms with Gasteiger partial charge in [-0.15, -0.1) is 0 Å². The van der Waals surface area contributed by atoms with Gasteiger partial charge in [-0.25, -0.2) is 37.0 Å². The highest BCUT2D eigenvalue weighted by atomic mass is 32.2. The first-order chi connectivity index (χ1) is 26.4. The Morgan fingerprint density at radius 1 is 0.772 bits per heavy atom. The van der Waals surface area contributed by atoms with Gasteiger partial charge in [0.1, 0.15) is 46.2 Å². The van der Waals surface area contributed by atoms with E-state index in [-0.39, 0.29) is 22.5 Å². The van der Waals surface area contributed by atoms with Crippen LogP contribution in [0.4, 0.5) is 60.1 Å². The highest BCUT2D eigenvalue weighted by Gasteiger charge is 2.63. The van der Waals surface area contributed by atoms with Gasteiger partial charge in [0.15, 0.2) is 0 Å². The third-order valence-electron chi connectivity index (χ3n) is 8.64. The number of carbonyl (C=O) groups excluding carboxylic acids is 3. The summed E-state index contributed by atoms with van der Waals surface area (Å²) in [5, 5.41) is 2.13. The summed E-state index contributed by atoms with van der Waals surface area (Å²) in [7, 11) is -3.15. The summed E-state index contributed by atoms with van der Waals surface area (Å²) >= 11 is 0. The van der Waals surface area contributed by atoms with Crippen LogP contribution in [0.1, 0.15) is 34.9 Å². The Balaban J connectivity index is 1.41. The van der Waals surface area contributed by atoms with Crippen molar-refractivity contribution in [2.45, 2.75) is 42.7 Å². The van der Waals surface area contributed by atoms with Gasteiger partial charge in [-0.3, -0.25) is 9.59 Å². The molecular formula is C34H27F10N7O5S. The zero-order chi connectivity index (χ0) is 42.2. The van der Waals surface area contributed by atoms with Crippen LogP contribution < -0.4 is 24.6 Å². The molecule has 3 atom stereocenters. The highest BCUT2D eigenvalue weighted by Crippen LogP contribution is 2.53. The standard InChI is InChI=1S/C34H27F10N7O5S/c1-50(23-3-5-27(45-15-23)33(39,40)41)29(52)26(9-17-7-19(35)12-20(36)8-17)48-57(55,56)49-31(54)47-32(14-25(32)18-10-21(37)13-22(38)11-18)30(53)51(2)24-4-6-28(46-16-24)34(42,43)44/h3-8,10-13,15-16,25-26,48H,9,14H2,1-2H3,(H2,47,49,54)/t25?,26-,32-/m0/s1. The molecule has 304 valence electrons. The van der Waals surface area contributed by atoms with E-state index in [0.29, 0.717) is 41.6 Å². The molecule has 23 heteroatoms. The van der Waals surface area contributed by atoms with E-state index in [1.807, 2.05) is 4.72 Å². The van der Waals surface area contributed by atoms with Crippen molar-refractivity contribution in [3.05, 3.63) is 119 Å². The number of alkyl halides is 6. The molecule has 5 rings (SSSR count). The Morgan fingerprint density at radius 3 is 1.70 bits per heavy atom. The number of pyridine rings is 2. The molecular weight excluding hydrogens is 808 g/mol. The second-order valence-electron chi connectivity index (χ2n) is 12.7. The van der Waals surface area contributed by atoms with Gasteiger partial charge in [0.25, 0.3) is 5.91 Å². The van der Waals surface area contributed by atoms with Crippen LogP contribution in [0, 0.1) is 23.3 Å². The van der Waals surface area contributed by atoms with Gasteiger partial charge in [0.2, 0.25) is 5.91 Å². The molecule has 2 aromatic carbocycles. The number of carbonyl (C=O) groups is 3. The molecule has 2 aromatic heterocycles. The lowest BCUT2D eigenvalue weighted by atomic mass is 10.0. The Morgan fingerprint density at radius 2 is 1.25 bits per heavy atom. The lowest BCUT2D eigenvalue weighted by Gasteiger charge is -2.27. The number of benzene rings is 2. The minimum Gasteiger partial charge on any atom is -0.322 e. The van der Waals surface area contributed by atoms with Gasteiger partial charge >= 0.3 is 28.6 Å². The molecule has 0 radical (unpaired) electrons. The maximum Gasteiger partial charge on any atom is 0.433 e. The van der Waals surface area contributed by atoms with Crippen LogP contribution in [0.3, 0.4) is 0 Å². The minimum atomic E-state index is -5.24. The van der Waals surface area contributed by atoms with Crippen LogP contribution in [0.15, 0.2) is 73.1 Å². The monoisotopic (exact) mass is 835 g/mol. The van der Waals surface area contributed by atoms with E-state index in [4.69, 9.17) is 0 Å². The molecule has 4 amide bonds. The van der Waals surface area contributed by atoms with Crippen molar-refractivity contribution in [1.82, 2.24) is 24.7 Å². The Bertz CT molecular complexity index is 2260. The molecule has 0 spiro atoms. The van der Waals surface area contributed by atoms with Gasteiger partial charge in [0.05, 0.1) is 23.8 Å². The third-order valence-corrected chi connectivity index (χ3v) is 9.69. The number of urea groups is 1. The zero-order valence-corrected chi connectivity index (χ0v) is 29.8. The van der Waals surface area contributed by atoms with Crippen molar-refractivity contribution in [1.29, 1.82) is 0 Å². The van der Waals surface area contributed by atoms with E-state index >= 15 is 0 Å². The summed E-state index contributed by atoms with van der Waals surface area (Å²) in [6.07, 6.45) is -9.57. The van der Waals surface area contributed by atoms with Gasteiger partial charge in [0, 0.05) is 32.1 Å². The number of rotatable bonds is 11. The minimum absolute atomic E-state index is 0.171. The third kappa shape index (κ3) is 9.94. The van der Waals surface area contributed by atoms with E-state index in [9.17, 15) is 66.7 Å². The SMILES string of the molecule is CN(C(=O)[C@H](Cc1cc(F)cc(F)c1)NS(=O)(=O)NC(=O)N[C@@]1(C(=O)N(C)c2ccc(C(F)(F)F)nc2)CC1c1cc(F)cc(F)c1)c1ccc(C(F)(F)F)nc1. The van der Waals surface area contributed by atoms with E-state index in [1.54, 1.807) is 0 Å². The zero-order valence-electron chi connectivity index (χ0n) is 29.0. The smallest absolute Gasteiger partial charge is 0.322 e. The first-order valence-electron chi connectivity index (χ1n) is 16.0. The predicted molar refractivity (Wildman–Crippen MR) is 179 cm³/mol. The normalized spacial score (nSPS) is 17.4. The van der Waals surface area contributed by atoms with E-state index in [2.05, 4.69) is 15.3 Å². The van der Waals surface area contributed by atoms with E-state index < -0.39 is 105 Å². The molecule has 2 heterocycles. The van der Waals surface area contributed by atoms with Crippen LogP contribution in [-0.2, 0) is 38.6 Å². The summed E-state index contributed by atoms with van der Waals surface area (Å²) in [6, 6.07) is 3.22. The molecule has 3 N–H and O–H groups in total. The summed E-state index contributed by atoms with van der Waals surface area (Å²) in [5.41, 5.74) is -5.79. The molecule has 0 aliphatic heterocycles. The topological polar surface area (TPSA) is 154 Å². The number of halogens is 10. The maximum absolute atomic E-state index is 14.2. The van der Waals surface area contributed by atoms with Gasteiger partial charge in [-0.2, -0.15) is 39.5 Å².